The molecule has 4 heterocycles. The van der Waals surface area contributed by atoms with Crippen molar-refractivity contribution in [2.24, 2.45) is 0 Å². The monoisotopic (exact) mass is 471 g/mol. The van der Waals surface area contributed by atoms with Gasteiger partial charge in [0.15, 0.2) is 5.65 Å². The van der Waals surface area contributed by atoms with Crippen LogP contribution in [-0.4, -0.2) is 64.2 Å². The maximum atomic E-state index is 13.5. The van der Waals surface area contributed by atoms with Gasteiger partial charge >= 0.3 is 0 Å². The molecule has 174 valence electrons. The van der Waals surface area contributed by atoms with Crippen LogP contribution < -0.4 is 0 Å². The number of hydrogen-bond donors (Lipinski definition) is 0. The van der Waals surface area contributed by atoms with E-state index < -0.39 is 15.8 Å². The van der Waals surface area contributed by atoms with E-state index in [-0.39, 0.29) is 37.0 Å². The maximum absolute atomic E-state index is 13.5. The van der Waals surface area contributed by atoms with Gasteiger partial charge in [0.05, 0.1) is 10.5 Å². The van der Waals surface area contributed by atoms with Crippen molar-refractivity contribution in [3.63, 3.8) is 0 Å². The Morgan fingerprint density at radius 2 is 1.79 bits per heavy atom. The zero-order valence-corrected chi connectivity index (χ0v) is 19.3. The van der Waals surface area contributed by atoms with E-state index in [0.717, 1.165) is 55.5 Å². The van der Waals surface area contributed by atoms with Crippen molar-refractivity contribution in [2.45, 2.75) is 44.0 Å². The van der Waals surface area contributed by atoms with Gasteiger partial charge in [-0.05, 0) is 44.0 Å². The SMILES string of the molecule is Cc1cc(C(=O)N2CCN(S(=O)(=O)c3cccc(F)c3)CC2)c2nc3n(c2n1)CCCCC3. The summed E-state index contributed by atoms with van der Waals surface area (Å²) in [6.45, 7) is 3.53. The third-order valence-corrected chi connectivity index (χ3v) is 8.28. The van der Waals surface area contributed by atoms with Crippen molar-refractivity contribution in [3.8, 4) is 0 Å². The summed E-state index contributed by atoms with van der Waals surface area (Å²) in [7, 11) is -3.82. The highest BCUT2D eigenvalue weighted by Crippen LogP contribution is 2.26. The molecule has 0 radical (unpaired) electrons. The Hall–Kier alpha value is -2.85. The summed E-state index contributed by atoms with van der Waals surface area (Å²) >= 11 is 0. The molecule has 0 spiro atoms. The van der Waals surface area contributed by atoms with Crippen molar-refractivity contribution in [3.05, 3.63) is 53.2 Å². The Kier molecular flexibility index (Phi) is 5.65. The summed E-state index contributed by atoms with van der Waals surface area (Å²) in [5.74, 6) is 0.211. The summed E-state index contributed by atoms with van der Waals surface area (Å²) in [5.41, 5.74) is 2.64. The normalized spacial score (nSPS) is 17.7. The quantitative estimate of drug-likeness (QED) is 0.586. The highest BCUT2D eigenvalue weighted by Gasteiger charge is 2.32. The van der Waals surface area contributed by atoms with Crippen molar-refractivity contribution >= 4 is 27.1 Å². The number of benzene rings is 1. The molecule has 2 aromatic heterocycles. The van der Waals surface area contributed by atoms with Gasteiger partial charge in [-0.25, -0.2) is 22.8 Å². The number of pyridine rings is 1. The summed E-state index contributed by atoms with van der Waals surface area (Å²) in [6.07, 6.45) is 4.18. The van der Waals surface area contributed by atoms with E-state index in [1.165, 1.54) is 22.5 Å². The summed E-state index contributed by atoms with van der Waals surface area (Å²) in [6, 6.07) is 6.77. The van der Waals surface area contributed by atoms with Crippen LogP contribution in [0.5, 0.6) is 0 Å². The molecule has 8 nitrogen and oxygen atoms in total. The van der Waals surface area contributed by atoms with Gasteiger partial charge in [0.2, 0.25) is 10.0 Å². The van der Waals surface area contributed by atoms with Crippen LogP contribution in [0.2, 0.25) is 0 Å². The number of carbonyl (C=O) groups excluding carboxylic acids is 1. The lowest BCUT2D eigenvalue weighted by Crippen LogP contribution is -2.50. The first kappa shape index (κ1) is 22.0. The number of piperazine rings is 1. The predicted octanol–water partition coefficient (Wildman–Crippen LogP) is 2.75. The Morgan fingerprint density at radius 1 is 1.00 bits per heavy atom. The molecule has 33 heavy (non-hydrogen) atoms. The molecule has 2 aliphatic rings. The van der Waals surface area contributed by atoms with Crippen LogP contribution in [0.4, 0.5) is 4.39 Å². The van der Waals surface area contributed by atoms with Gasteiger partial charge in [-0.3, -0.25) is 4.79 Å². The van der Waals surface area contributed by atoms with Crippen molar-refractivity contribution < 1.29 is 17.6 Å². The molecule has 1 saturated heterocycles. The molecule has 1 fully saturated rings. The summed E-state index contributed by atoms with van der Waals surface area (Å²) in [4.78, 5) is 24.5. The lowest BCUT2D eigenvalue weighted by molar-refractivity contribution is 0.0699. The minimum Gasteiger partial charge on any atom is -0.336 e. The number of amides is 1. The third-order valence-electron chi connectivity index (χ3n) is 6.38. The highest BCUT2D eigenvalue weighted by molar-refractivity contribution is 7.89. The number of carbonyl (C=O) groups is 1. The number of hydrogen-bond acceptors (Lipinski definition) is 5. The lowest BCUT2D eigenvalue weighted by atomic mass is 10.1. The first-order valence-electron chi connectivity index (χ1n) is 11.3. The van der Waals surface area contributed by atoms with E-state index in [1.54, 1.807) is 11.0 Å². The molecule has 0 bridgehead atoms. The average Bonchev–Trinajstić information content (AvgIpc) is 2.99. The van der Waals surface area contributed by atoms with Gasteiger partial charge in [-0.1, -0.05) is 12.5 Å². The molecular weight excluding hydrogens is 445 g/mol. The van der Waals surface area contributed by atoms with Crippen LogP contribution in [0.15, 0.2) is 35.2 Å². The number of fused-ring (bicyclic) bond motifs is 3. The molecule has 10 heteroatoms. The van der Waals surface area contributed by atoms with Gasteiger partial charge in [0.25, 0.3) is 5.91 Å². The fourth-order valence-electron chi connectivity index (χ4n) is 4.66. The predicted molar refractivity (Wildman–Crippen MR) is 121 cm³/mol. The van der Waals surface area contributed by atoms with Crippen LogP contribution in [0.1, 0.15) is 41.1 Å². The Balaban J connectivity index is 1.38. The molecular formula is C23H26FN5O3S. The Labute approximate surface area is 192 Å². The number of nitrogens with zero attached hydrogens (tertiary/aromatic N) is 5. The highest BCUT2D eigenvalue weighted by atomic mass is 32.2. The molecule has 0 saturated carbocycles. The second-order valence-electron chi connectivity index (χ2n) is 8.63. The molecule has 1 amide bonds. The summed E-state index contributed by atoms with van der Waals surface area (Å²) < 4.78 is 42.7. The maximum Gasteiger partial charge on any atom is 0.256 e. The van der Waals surface area contributed by atoms with Crippen LogP contribution in [0, 0.1) is 12.7 Å². The second kappa shape index (κ2) is 8.49. The van der Waals surface area contributed by atoms with Crippen molar-refractivity contribution in [1.29, 1.82) is 0 Å². The van der Waals surface area contributed by atoms with Crippen LogP contribution in [-0.2, 0) is 23.0 Å². The zero-order chi connectivity index (χ0) is 23.2. The van der Waals surface area contributed by atoms with Crippen LogP contribution >= 0.6 is 0 Å². The van der Waals surface area contributed by atoms with Gasteiger partial charge in [0, 0.05) is 44.8 Å². The average molecular weight is 472 g/mol. The molecule has 3 aromatic rings. The van der Waals surface area contributed by atoms with Crippen molar-refractivity contribution in [2.75, 3.05) is 26.2 Å². The summed E-state index contributed by atoms with van der Waals surface area (Å²) in [5, 5.41) is 0. The molecule has 0 atom stereocenters. The molecule has 2 aliphatic heterocycles. The van der Waals surface area contributed by atoms with E-state index in [4.69, 9.17) is 4.98 Å². The molecule has 5 rings (SSSR count). The van der Waals surface area contributed by atoms with E-state index in [9.17, 15) is 17.6 Å². The van der Waals surface area contributed by atoms with E-state index in [1.807, 2.05) is 6.92 Å². The number of aryl methyl sites for hydroxylation is 3. The fourth-order valence-corrected chi connectivity index (χ4v) is 6.11. The molecule has 1 aromatic carbocycles. The zero-order valence-electron chi connectivity index (χ0n) is 18.5. The van der Waals surface area contributed by atoms with E-state index >= 15 is 0 Å². The van der Waals surface area contributed by atoms with Gasteiger partial charge in [0.1, 0.15) is 17.2 Å². The van der Waals surface area contributed by atoms with Gasteiger partial charge in [-0.15, -0.1) is 0 Å². The Morgan fingerprint density at radius 3 is 2.55 bits per heavy atom. The topological polar surface area (TPSA) is 88.4 Å². The standard InChI is InChI=1S/C23H26FN5O3S/c1-16-14-19(21-22(25-16)29-9-4-2-3-8-20(29)26-21)23(30)27-10-12-28(13-11-27)33(31,32)18-7-5-6-17(24)15-18/h5-7,14-15H,2-4,8-13H2,1H3. The smallest absolute Gasteiger partial charge is 0.256 e. The third kappa shape index (κ3) is 4.02. The first-order valence-corrected chi connectivity index (χ1v) is 12.7. The van der Waals surface area contributed by atoms with Crippen LogP contribution in [0.3, 0.4) is 0 Å². The second-order valence-corrected chi connectivity index (χ2v) is 10.6. The number of aromatic nitrogens is 3. The fraction of sp³-hybridized carbons (Fsp3) is 0.435. The largest absolute Gasteiger partial charge is 0.336 e. The van der Waals surface area contributed by atoms with E-state index in [2.05, 4.69) is 9.55 Å². The molecule has 0 N–H and O–H groups in total. The minimum absolute atomic E-state index is 0.0757. The minimum atomic E-state index is -3.82. The number of imidazole rings is 1. The van der Waals surface area contributed by atoms with E-state index in [0.29, 0.717) is 11.1 Å². The Bertz CT molecular complexity index is 1330. The molecule has 0 unspecified atom stereocenters. The first-order chi connectivity index (χ1) is 15.8. The number of rotatable bonds is 3. The number of sulfonamides is 1. The van der Waals surface area contributed by atoms with Crippen LogP contribution in [0.25, 0.3) is 11.2 Å². The number of halogens is 1. The van der Waals surface area contributed by atoms with Gasteiger partial charge in [-0.2, -0.15) is 4.31 Å². The lowest BCUT2D eigenvalue weighted by Gasteiger charge is -2.34. The van der Waals surface area contributed by atoms with Gasteiger partial charge < -0.3 is 9.47 Å². The molecule has 0 aliphatic carbocycles. The van der Waals surface area contributed by atoms with Crippen molar-refractivity contribution in [1.82, 2.24) is 23.7 Å².